The van der Waals surface area contributed by atoms with E-state index in [1.807, 2.05) is 60.7 Å². The van der Waals surface area contributed by atoms with E-state index in [4.69, 9.17) is 31.2 Å². The zero-order valence-corrected chi connectivity index (χ0v) is 18.5. The van der Waals surface area contributed by atoms with E-state index < -0.39 is 0 Å². The van der Waals surface area contributed by atoms with Crippen molar-refractivity contribution in [3.63, 3.8) is 0 Å². The molecule has 0 amide bonds. The van der Waals surface area contributed by atoms with Crippen LogP contribution in [0.2, 0.25) is 5.22 Å². The predicted molar refractivity (Wildman–Crippen MR) is 126 cm³/mol. The van der Waals surface area contributed by atoms with Crippen LogP contribution in [-0.2, 0) is 29.1 Å². The topological polar surface area (TPSA) is 74.7 Å². The molecular formula is C26H24ClNO4. The standard InChI is InChI=1S/C26H24ClNO4/c1-2-30-25(29)14-20-7-3-4-9-23(20)31-16-18-11-21-13-24(27)32-26(21)22(12-18)19-8-5-6-17(10-19)15-28/h3-13H,2,14-16,28H2,1H3. The second-order valence-corrected chi connectivity index (χ2v) is 7.77. The highest BCUT2D eigenvalue weighted by molar-refractivity contribution is 6.30. The van der Waals surface area contributed by atoms with Crippen molar-refractivity contribution in [2.45, 2.75) is 26.5 Å². The molecule has 0 aliphatic heterocycles. The van der Waals surface area contributed by atoms with Crippen molar-refractivity contribution < 1.29 is 18.7 Å². The summed E-state index contributed by atoms with van der Waals surface area (Å²) < 4.78 is 16.9. The summed E-state index contributed by atoms with van der Waals surface area (Å²) in [6.07, 6.45) is 0.164. The third kappa shape index (κ3) is 4.96. The van der Waals surface area contributed by atoms with E-state index in [0.29, 0.717) is 30.7 Å². The molecule has 164 valence electrons. The van der Waals surface area contributed by atoms with Crippen LogP contribution in [0.1, 0.15) is 23.6 Å². The Morgan fingerprint density at radius 3 is 2.69 bits per heavy atom. The van der Waals surface area contributed by atoms with Crippen molar-refractivity contribution in [3.05, 3.63) is 88.6 Å². The summed E-state index contributed by atoms with van der Waals surface area (Å²) in [5.41, 5.74) is 11.2. The van der Waals surface area contributed by atoms with Gasteiger partial charge in [-0.25, -0.2) is 0 Å². The molecule has 32 heavy (non-hydrogen) atoms. The number of para-hydroxylation sites is 1. The minimum Gasteiger partial charge on any atom is -0.489 e. The number of benzene rings is 3. The van der Waals surface area contributed by atoms with Crippen molar-refractivity contribution in [2.75, 3.05) is 6.61 Å². The SMILES string of the molecule is CCOC(=O)Cc1ccccc1OCc1cc(-c2cccc(CN)c2)c2oc(Cl)cc2c1. The lowest BCUT2D eigenvalue weighted by molar-refractivity contribution is -0.142. The van der Waals surface area contributed by atoms with Gasteiger partial charge in [-0.15, -0.1) is 0 Å². The number of ether oxygens (including phenoxy) is 2. The zero-order chi connectivity index (χ0) is 22.5. The second-order valence-electron chi connectivity index (χ2n) is 7.39. The van der Waals surface area contributed by atoms with E-state index in [-0.39, 0.29) is 12.4 Å². The molecule has 3 aromatic carbocycles. The lowest BCUT2D eigenvalue weighted by Gasteiger charge is -2.13. The van der Waals surface area contributed by atoms with Gasteiger partial charge in [-0.3, -0.25) is 4.79 Å². The van der Waals surface area contributed by atoms with E-state index in [0.717, 1.165) is 38.8 Å². The lowest BCUT2D eigenvalue weighted by Crippen LogP contribution is -2.09. The first-order valence-corrected chi connectivity index (χ1v) is 10.8. The fourth-order valence-electron chi connectivity index (χ4n) is 3.67. The minimum atomic E-state index is -0.278. The molecule has 0 unspecified atom stereocenters. The number of furan rings is 1. The van der Waals surface area contributed by atoms with Crippen molar-refractivity contribution in [1.29, 1.82) is 0 Å². The first-order valence-electron chi connectivity index (χ1n) is 10.4. The average molecular weight is 450 g/mol. The van der Waals surface area contributed by atoms with Crippen molar-refractivity contribution in [1.82, 2.24) is 0 Å². The summed E-state index contributed by atoms with van der Waals surface area (Å²) in [4.78, 5) is 11.9. The molecule has 0 spiro atoms. The Morgan fingerprint density at radius 2 is 1.88 bits per heavy atom. The molecule has 4 aromatic rings. The molecule has 2 N–H and O–H groups in total. The summed E-state index contributed by atoms with van der Waals surface area (Å²) in [6, 6.07) is 21.3. The molecule has 0 atom stereocenters. The van der Waals surface area contributed by atoms with Gasteiger partial charge in [-0.2, -0.15) is 0 Å². The monoisotopic (exact) mass is 449 g/mol. The Kier molecular flexibility index (Phi) is 6.78. The van der Waals surface area contributed by atoms with Gasteiger partial charge < -0.3 is 19.6 Å². The smallest absolute Gasteiger partial charge is 0.310 e. The Balaban J connectivity index is 1.64. The van der Waals surface area contributed by atoms with Crippen LogP contribution in [0, 0.1) is 0 Å². The minimum absolute atomic E-state index is 0.164. The number of hydrogen-bond acceptors (Lipinski definition) is 5. The summed E-state index contributed by atoms with van der Waals surface area (Å²) in [7, 11) is 0. The fourth-order valence-corrected chi connectivity index (χ4v) is 3.86. The van der Waals surface area contributed by atoms with Gasteiger partial charge in [0.25, 0.3) is 0 Å². The van der Waals surface area contributed by atoms with Crippen molar-refractivity contribution >= 4 is 28.5 Å². The third-order valence-corrected chi connectivity index (χ3v) is 5.31. The number of nitrogens with two attached hydrogens (primary N) is 1. The zero-order valence-electron chi connectivity index (χ0n) is 17.8. The maximum atomic E-state index is 11.9. The Bertz CT molecular complexity index is 1250. The largest absolute Gasteiger partial charge is 0.489 e. The molecule has 0 saturated heterocycles. The molecule has 0 saturated carbocycles. The second kappa shape index (κ2) is 9.90. The highest BCUT2D eigenvalue weighted by Gasteiger charge is 2.14. The van der Waals surface area contributed by atoms with Crippen LogP contribution >= 0.6 is 11.6 Å². The number of rotatable bonds is 8. The quantitative estimate of drug-likeness (QED) is 0.339. The van der Waals surface area contributed by atoms with Gasteiger partial charge in [-0.05, 0) is 59.5 Å². The van der Waals surface area contributed by atoms with Crippen LogP contribution < -0.4 is 10.5 Å². The van der Waals surface area contributed by atoms with Crippen LogP contribution in [0.15, 0.2) is 71.1 Å². The normalized spacial score (nSPS) is 11.0. The molecule has 1 heterocycles. The lowest BCUT2D eigenvalue weighted by atomic mass is 9.99. The number of carbonyl (C=O) groups excluding carboxylic acids is 1. The van der Waals surface area contributed by atoms with Gasteiger partial charge in [0.2, 0.25) is 0 Å². The van der Waals surface area contributed by atoms with Gasteiger partial charge in [0, 0.05) is 29.1 Å². The number of fused-ring (bicyclic) bond motifs is 1. The molecule has 6 heteroatoms. The summed E-state index contributed by atoms with van der Waals surface area (Å²) in [6.45, 7) is 2.92. The molecule has 0 radical (unpaired) electrons. The predicted octanol–water partition coefficient (Wildman–Crippen LogP) is 5.90. The van der Waals surface area contributed by atoms with Gasteiger partial charge in [0.1, 0.15) is 17.9 Å². The Labute approximate surface area is 191 Å². The van der Waals surface area contributed by atoms with Gasteiger partial charge in [0.05, 0.1) is 13.0 Å². The number of hydrogen-bond donors (Lipinski definition) is 1. The van der Waals surface area contributed by atoms with Gasteiger partial charge in [-0.1, -0.05) is 36.4 Å². The maximum absolute atomic E-state index is 11.9. The number of halogens is 1. The van der Waals surface area contributed by atoms with Crippen molar-refractivity contribution in [2.24, 2.45) is 5.73 Å². The van der Waals surface area contributed by atoms with E-state index in [2.05, 4.69) is 0 Å². The Morgan fingerprint density at radius 1 is 1.03 bits per heavy atom. The molecule has 0 aliphatic rings. The number of esters is 1. The molecule has 5 nitrogen and oxygen atoms in total. The highest BCUT2D eigenvalue weighted by Crippen LogP contribution is 2.35. The van der Waals surface area contributed by atoms with Crippen LogP contribution in [0.5, 0.6) is 5.75 Å². The van der Waals surface area contributed by atoms with Gasteiger partial charge >= 0.3 is 5.97 Å². The molecule has 1 aromatic heterocycles. The maximum Gasteiger partial charge on any atom is 0.310 e. The summed E-state index contributed by atoms with van der Waals surface area (Å²) in [5.74, 6) is 0.373. The summed E-state index contributed by atoms with van der Waals surface area (Å²) >= 11 is 6.16. The fraction of sp³-hybridized carbons (Fsp3) is 0.192. The van der Waals surface area contributed by atoms with E-state index in [1.54, 1.807) is 13.0 Å². The first kappa shape index (κ1) is 21.9. The third-order valence-electron chi connectivity index (χ3n) is 5.13. The van der Waals surface area contributed by atoms with Crippen LogP contribution in [0.3, 0.4) is 0 Å². The Hall–Kier alpha value is -3.28. The van der Waals surface area contributed by atoms with E-state index in [9.17, 15) is 4.79 Å². The van der Waals surface area contributed by atoms with Crippen LogP contribution in [0.4, 0.5) is 0 Å². The summed E-state index contributed by atoms with van der Waals surface area (Å²) in [5, 5.41) is 1.22. The first-order chi connectivity index (χ1) is 15.6. The molecule has 4 rings (SSSR count). The van der Waals surface area contributed by atoms with Crippen LogP contribution in [0.25, 0.3) is 22.1 Å². The van der Waals surface area contributed by atoms with E-state index >= 15 is 0 Å². The van der Waals surface area contributed by atoms with Crippen LogP contribution in [-0.4, -0.2) is 12.6 Å². The highest BCUT2D eigenvalue weighted by atomic mass is 35.5. The van der Waals surface area contributed by atoms with Crippen molar-refractivity contribution in [3.8, 4) is 16.9 Å². The molecular weight excluding hydrogens is 426 g/mol. The molecule has 0 fully saturated rings. The molecule has 0 aliphatic carbocycles. The number of carbonyl (C=O) groups is 1. The van der Waals surface area contributed by atoms with E-state index in [1.165, 1.54) is 0 Å². The van der Waals surface area contributed by atoms with Gasteiger partial charge in [0.15, 0.2) is 5.22 Å². The molecule has 0 bridgehead atoms. The average Bonchev–Trinajstić information content (AvgIpc) is 3.18.